The van der Waals surface area contributed by atoms with E-state index in [4.69, 9.17) is 5.73 Å². The normalized spacial score (nSPS) is 20.1. The number of rotatable bonds is 2. The summed E-state index contributed by atoms with van der Waals surface area (Å²) in [7, 11) is -3.13. The van der Waals surface area contributed by atoms with Crippen LogP contribution in [0.15, 0.2) is 18.2 Å². The van der Waals surface area contributed by atoms with Crippen LogP contribution in [0.2, 0.25) is 0 Å². The molecule has 1 aliphatic heterocycles. The van der Waals surface area contributed by atoms with Gasteiger partial charge in [0.2, 0.25) is 10.0 Å². The van der Waals surface area contributed by atoms with Crippen LogP contribution < -0.4 is 5.73 Å². The third-order valence-corrected chi connectivity index (χ3v) is 4.53. The fourth-order valence-electron chi connectivity index (χ4n) is 1.74. The van der Waals surface area contributed by atoms with Crippen LogP contribution in [0, 0.1) is 5.82 Å². The number of hydrogen-bond acceptors (Lipinski definition) is 3. The second kappa shape index (κ2) is 4.03. The molecule has 2 rings (SSSR count). The number of nitrogen functional groups attached to an aromatic ring is 1. The fraction of sp³-hybridized carbons (Fsp3) is 0.400. The third kappa shape index (κ3) is 2.17. The lowest BCUT2D eigenvalue weighted by Gasteiger charge is -2.14. The molecule has 0 amide bonds. The van der Waals surface area contributed by atoms with Crippen molar-refractivity contribution in [2.45, 2.75) is 13.0 Å². The molecule has 0 radical (unpaired) electrons. The molecule has 0 spiro atoms. The highest BCUT2D eigenvalue weighted by atomic mass is 32.2. The van der Waals surface area contributed by atoms with Gasteiger partial charge in [-0.15, -0.1) is 0 Å². The van der Waals surface area contributed by atoms with Crippen LogP contribution in [0.4, 0.5) is 10.1 Å². The van der Waals surface area contributed by atoms with Gasteiger partial charge in [-0.05, 0) is 24.1 Å². The minimum atomic E-state index is -3.13. The fourth-order valence-corrected chi connectivity index (χ4v) is 3.25. The summed E-state index contributed by atoms with van der Waals surface area (Å²) in [4.78, 5) is 0. The molecule has 0 bridgehead atoms. The van der Waals surface area contributed by atoms with Crippen molar-refractivity contribution in [2.75, 3.05) is 18.0 Å². The molecule has 0 unspecified atom stereocenters. The first-order valence-electron chi connectivity index (χ1n) is 5.01. The Balaban J connectivity index is 2.18. The van der Waals surface area contributed by atoms with E-state index in [1.807, 2.05) is 0 Å². The van der Waals surface area contributed by atoms with Crippen molar-refractivity contribution in [1.82, 2.24) is 4.31 Å². The van der Waals surface area contributed by atoms with E-state index < -0.39 is 15.8 Å². The van der Waals surface area contributed by atoms with Gasteiger partial charge in [-0.2, -0.15) is 4.31 Å². The smallest absolute Gasteiger partial charge is 0.214 e. The Morgan fingerprint density at radius 2 is 2.19 bits per heavy atom. The second-order valence-corrected chi connectivity index (χ2v) is 5.95. The second-order valence-electron chi connectivity index (χ2n) is 3.86. The van der Waals surface area contributed by atoms with Gasteiger partial charge in [0.25, 0.3) is 0 Å². The Morgan fingerprint density at radius 3 is 2.75 bits per heavy atom. The molecule has 0 aromatic heterocycles. The summed E-state index contributed by atoms with van der Waals surface area (Å²) in [6.45, 7) is 0.730. The summed E-state index contributed by atoms with van der Waals surface area (Å²) in [6.07, 6.45) is 0.639. The maximum atomic E-state index is 13.2. The molecule has 1 aliphatic rings. The molecule has 0 saturated carbocycles. The van der Waals surface area contributed by atoms with Crippen molar-refractivity contribution in [1.29, 1.82) is 0 Å². The van der Waals surface area contributed by atoms with E-state index in [9.17, 15) is 12.8 Å². The van der Waals surface area contributed by atoms with E-state index in [0.717, 1.165) is 0 Å². The van der Waals surface area contributed by atoms with Gasteiger partial charge >= 0.3 is 0 Å². The molecular weight excluding hydrogens is 231 g/mol. The van der Waals surface area contributed by atoms with E-state index in [1.165, 1.54) is 16.4 Å². The van der Waals surface area contributed by atoms with E-state index in [2.05, 4.69) is 0 Å². The Bertz CT molecular complexity index is 502. The number of nitrogens with two attached hydrogens (primary N) is 1. The van der Waals surface area contributed by atoms with Crippen LogP contribution in [-0.4, -0.2) is 25.0 Å². The highest BCUT2D eigenvalue weighted by Gasteiger charge is 2.27. The predicted molar refractivity (Wildman–Crippen MR) is 59.6 cm³/mol. The molecule has 6 heteroatoms. The molecule has 0 atom stereocenters. The largest absolute Gasteiger partial charge is 0.396 e. The zero-order valence-corrected chi connectivity index (χ0v) is 9.50. The number of anilines is 1. The Kier molecular flexibility index (Phi) is 2.86. The van der Waals surface area contributed by atoms with Crippen molar-refractivity contribution < 1.29 is 12.8 Å². The first-order chi connectivity index (χ1) is 7.49. The number of nitrogens with zero attached hydrogens (tertiary/aromatic N) is 1. The molecule has 1 heterocycles. The van der Waals surface area contributed by atoms with Crippen molar-refractivity contribution in [3.8, 4) is 0 Å². The molecule has 88 valence electrons. The summed E-state index contributed by atoms with van der Waals surface area (Å²) in [6, 6.07) is 4.38. The maximum Gasteiger partial charge on any atom is 0.214 e. The van der Waals surface area contributed by atoms with Gasteiger partial charge in [0, 0.05) is 13.1 Å². The minimum Gasteiger partial charge on any atom is -0.396 e. The standard InChI is InChI=1S/C10H13FN2O2S/c11-9-6-8(2-3-10(9)12)7-13-4-1-5-16(13,14)15/h2-3,6H,1,4-5,7,12H2. The number of halogens is 1. The van der Waals surface area contributed by atoms with Crippen LogP contribution in [0.25, 0.3) is 0 Å². The predicted octanol–water partition coefficient (Wildman–Crippen LogP) is 0.943. The molecular formula is C10H13FN2O2S. The van der Waals surface area contributed by atoms with Crippen molar-refractivity contribution in [2.24, 2.45) is 0 Å². The molecule has 16 heavy (non-hydrogen) atoms. The Hall–Kier alpha value is -1.14. The first kappa shape index (κ1) is 11.3. The van der Waals surface area contributed by atoms with Crippen LogP contribution in [-0.2, 0) is 16.6 Å². The molecule has 0 aliphatic carbocycles. The van der Waals surface area contributed by atoms with Gasteiger partial charge in [0.05, 0.1) is 11.4 Å². The van der Waals surface area contributed by atoms with Gasteiger partial charge in [-0.1, -0.05) is 6.07 Å². The monoisotopic (exact) mass is 244 g/mol. The minimum absolute atomic E-state index is 0.0769. The number of benzene rings is 1. The van der Waals surface area contributed by atoms with Crippen molar-refractivity contribution in [3.63, 3.8) is 0 Å². The van der Waals surface area contributed by atoms with Gasteiger partial charge in [0.1, 0.15) is 5.82 Å². The van der Waals surface area contributed by atoms with Gasteiger partial charge in [-0.3, -0.25) is 0 Å². The summed E-state index contributed by atoms with van der Waals surface area (Å²) < 4.78 is 37.6. The topological polar surface area (TPSA) is 63.4 Å². The number of sulfonamides is 1. The zero-order valence-electron chi connectivity index (χ0n) is 8.69. The van der Waals surface area contributed by atoms with Crippen LogP contribution in [0.5, 0.6) is 0 Å². The first-order valence-corrected chi connectivity index (χ1v) is 6.62. The molecule has 1 aromatic carbocycles. The summed E-state index contributed by atoms with van der Waals surface area (Å²) in [5.74, 6) is -0.320. The average molecular weight is 244 g/mol. The lowest BCUT2D eigenvalue weighted by atomic mass is 10.2. The van der Waals surface area contributed by atoms with Crippen LogP contribution >= 0.6 is 0 Å². The average Bonchev–Trinajstić information content (AvgIpc) is 2.52. The summed E-state index contributed by atoms with van der Waals surface area (Å²) >= 11 is 0. The van der Waals surface area contributed by atoms with Gasteiger partial charge < -0.3 is 5.73 Å². The molecule has 1 aromatic rings. The maximum absolute atomic E-state index is 13.2. The van der Waals surface area contributed by atoms with Gasteiger partial charge in [-0.25, -0.2) is 12.8 Å². The molecule has 2 N–H and O–H groups in total. The van der Waals surface area contributed by atoms with E-state index in [1.54, 1.807) is 6.07 Å². The van der Waals surface area contributed by atoms with Crippen molar-refractivity contribution in [3.05, 3.63) is 29.6 Å². The lowest BCUT2D eigenvalue weighted by molar-refractivity contribution is 0.438. The highest BCUT2D eigenvalue weighted by molar-refractivity contribution is 7.89. The van der Waals surface area contributed by atoms with Crippen LogP contribution in [0.3, 0.4) is 0 Å². The molecule has 1 saturated heterocycles. The number of hydrogen-bond donors (Lipinski definition) is 1. The zero-order chi connectivity index (χ0) is 11.8. The SMILES string of the molecule is Nc1ccc(CN2CCCS2(=O)=O)cc1F. The summed E-state index contributed by atoms with van der Waals surface area (Å²) in [5.41, 5.74) is 6.04. The van der Waals surface area contributed by atoms with E-state index in [-0.39, 0.29) is 18.0 Å². The Morgan fingerprint density at radius 1 is 1.44 bits per heavy atom. The lowest BCUT2D eigenvalue weighted by Crippen LogP contribution is -2.25. The Labute approximate surface area is 93.9 Å². The highest BCUT2D eigenvalue weighted by Crippen LogP contribution is 2.19. The third-order valence-electron chi connectivity index (χ3n) is 2.63. The van der Waals surface area contributed by atoms with E-state index >= 15 is 0 Å². The van der Waals surface area contributed by atoms with Crippen LogP contribution in [0.1, 0.15) is 12.0 Å². The molecule has 4 nitrogen and oxygen atoms in total. The van der Waals surface area contributed by atoms with Gasteiger partial charge in [0.15, 0.2) is 0 Å². The van der Waals surface area contributed by atoms with Crippen molar-refractivity contribution >= 4 is 15.7 Å². The molecule has 1 fully saturated rings. The summed E-state index contributed by atoms with van der Waals surface area (Å²) in [5, 5.41) is 0. The van der Waals surface area contributed by atoms with E-state index in [0.29, 0.717) is 18.5 Å². The quantitative estimate of drug-likeness (QED) is 0.788.